The predicted octanol–water partition coefficient (Wildman–Crippen LogP) is 3.04. The number of aryl methyl sites for hydroxylation is 1. The summed E-state index contributed by atoms with van der Waals surface area (Å²) in [5.74, 6) is -0.360. The van der Waals surface area contributed by atoms with Crippen LogP contribution in [0.1, 0.15) is 29.5 Å². The molecule has 0 spiro atoms. The molecule has 1 fully saturated rings. The first-order chi connectivity index (χ1) is 6.46. The van der Waals surface area contributed by atoms with E-state index in [0.717, 1.165) is 29.5 Å². The molecule has 0 atom stereocenters. The van der Waals surface area contributed by atoms with Gasteiger partial charge in [-0.05, 0) is 49.4 Å². The highest BCUT2D eigenvalue weighted by molar-refractivity contribution is 6.31. The van der Waals surface area contributed by atoms with Crippen LogP contribution in [0.2, 0.25) is 5.02 Å². The molecule has 2 rings (SSSR count). The first-order valence-electron chi connectivity index (χ1n) is 4.70. The van der Waals surface area contributed by atoms with Crippen LogP contribution in [0.4, 0.5) is 4.39 Å². The molecule has 0 unspecified atom stereocenters. The van der Waals surface area contributed by atoms with Crippen LogP contribution in [0, 0.1) is 19.7 Å². The van der Waals surface area contributed by atoms with E-state index in [2.05, 4.69) is 0 Å². The van der Waals surface area contributed by atoms with Gasteiger partial charge in [0.15, 0.2) is 0 Å². The number of rotatable bonds is 1. The molecule has 0 radical (unpaired) electrons. The van der Waals surface area contributed by atoms with Gasteiger partial charge in [0, 0.05) is 5.54 Å². The van der Waals surface area contributed by atoms with E-state index in [1.165, 1.54) is 6.07 Å². The third-order valence-electron chi connectivity index (χ3n) is 3.03. The summed E-state index contributed by atoms with van der Waals surface area (Å²) in [6.07, 6.45) is 1.80. The van der Waals surface area contributed by atoms with E-state index in [-0.39, 0.29) is 16.4 Å². The van der Waals surface area contributed by atoms with Gasteiger partial charge in [-0.2, -0.15) is 0 Å². The zero-order valence-electron chi connectivity index (χ0n) is 8.32. The van der Waals surface area contributed by atoms with Gasteiger partial charge in [-0.3, -0.25) is 0 Å². The molecule has 2 N–H and O–H groups in total. The molecule has 1 nitrogen and oxygen atoms in total. The van der Waals surface area contributed by atoms with Crippen LogP contribution in [0.5, 0.6) is 0 Å². The summed E-state index contributed by atoms with van der Waals surface area (Å²) < 4.78 is 13.4. The molecule has 1 aliphatic carbocycles. The Bertz CT molecular complexity index is 371. The quantitative estimate of drug-likeness (QED) is 0.763. The Morgan fingerprint density at radius 1 is 1.43 bits per heavy atom. The van der Waals surface area contributed by atoms with E-state index in [9.17, 15) is 4.39 Å². The molecule has 0 saturated heterocycles. The largest absolute Gasteiger partial charge is 0.321 e. The van der Waals surface area contributed by atoms with Crippen molar-refractivity contribution in [1.29, 1.82) is 0 Å². The van der Waals surface area contributed by atoms with Gasteiger partial charge in [0.2, 0.25) is 0 Å². The maximum absolute atomic E-state index is 13.4. The SMILES string of the molecule is Cc1cc(F)c(Cl)c(C2(N)CC2)c1C. The summed E-state index contributed by atoms with van der Waals surface area (Å²) in [5.41, 5.74) is 8.43. The second kappa shape index (κ2) is 2.94. The Morgan fingerprint density at radius 3 is 2.50 bits per heavy atom. The van der Waals surface area contributed by atoms with Gasteiger partial charge in [-0.1, -0.05) is 11.6 Å². The molecule has 1 aromatic carbocycles. The van der Waals surface area contributed by atoms with Crippen molar-refractivity contribution in [2.45, 2.75) is 32.2 Å². The van der Waals surface area contributed by atoms with Crippen molar-refractivity contribution in [2.75, 3.05) is 0 Å². The van der Waals surface area contributed by atoms with Crippen molar-refractivity contribution < 1.29 is 4.39 Å². The fraction of sp³-hybridized carbons (Fsp3) is 0.455. The highest BCUT2D eigenvalue weighted by Crippen LogP contribution is 2.48. The van der Waals surface area contributed by atoms with E-state index in [0.29, 0.717) is 0 Å². The maximum atomic E-state index is 13.4. The number of nitrogens with two attached hydrogens (primary N) is 1. The molecular weight excluding hydrogens is 201 g/mol. The summed E-state index contributed by atoms with van der Waals surface area (Å²) in [7, 11) is 0. The highest BCUT2D eigenvalue weighted by atomic mass is 35.5. The van der Waals surface area contributed by atoms with Crippen molar-refractivity contribution in [1.82, 2.24) is 0 Å². The van der Waals surface area contributed by atoms with E-state index < -0.39 is 0 Å². The molecule has 0 heterocycles. The molecule has 76 valence electrons. The molecule has 1 saturated carbocycles. The molecule has 0 aromatic heterocycles. The molecule has 1 aliphatic rings. The van der Waals surface area contributed by atoms with Gasteiger partial charge < -0.3 is 5.73 Å². The fourth-order valence-corrected chi connectivity index (χ4v) is 2.20. The van der Waals surface area contributed by atoms with E-state index >= 15 is 0 Å². The van der Waals surface area contributed by atoms with E-state index in [1.807, 2.05) is 13.8 Å². The first kappa shape index (κ1) is 9.94. The lowest BCUT2D eigenvalue weighted by Crippen LogP contribution is -2.21. The Morgan fingerprint density at radius 2 is 2.00 bits per heavy atom. The summed E-state index contributed by atoms with van der Waals surface area (Å²) in [5, 5.41) is 0.202. The lowest BCUT2D eigenvalue weighted by atomic mass is 9.96. The summed E-state index contributed by atoms with van der Waals surface area (Å²) in [6.45, 7) is 3.83. The van der Waals surface area contributed by atoms with Crippen LogP contribution in [0.25, 0.3) is 0 Å². The lowest BCUT2D eigenvalue weighted by Gasteiger charge is -2.17. The summed E-state index contributed by atoms with van der Waals surface area (Å²) in [6, 6.07) is 1.47. The predicted molar refractivity (Wildman–Crippen MR) is 56.0 cm³/mol. The monoisotopic (exact) mass is 213 g/mol. The number of halogens is 2. The van der Waals surface area contributed by atoms with Gasteiger partial charge in [0.25, 0.3) is 0 Å². The zero-order chi connectivity index (χ0) is 10.5. The topological polar surface area (TPSA) is 26.0 Å². The third kappa shape index (κ3) is 1.33. The van der Waals surface area contributed by atoms with Crippen LogP contribution in [-0.4, -0.2) is 0 Å². The zero-order valence-corrected chi connectivity index (χ0v) is 9.08. The second-order valence-electron chi connectivity index (χ2n) is 4.15. The Hall–Kier alpha value is -0.600. The molecule has 1 aromatic rings. The molecular formula is C11H13ClFN. The average molecular weight is 214 g/mol. The average Bonchev–Trinajstić information content (AvgIpc) is 2.81. The van der Waals surface area contributed by atoms with Crippen LogP contribution < -0.4 is 5.73 Å². The standard InChI is InChI=1S/C11H13ClFN/c1-6-5-8(13)10(12)9(7(6)2)11(14)3-4-11/h5H,3-4,14H2,1-2H3. The van der Waals surface area contributed by atoms with Gasteiger partial charge >= 0.3 is 0 Å². The van der Waals surface area contributed by atoms with Crippen molar-refractivity contribution in [3.05, 3.63) is 33.6 Å². The summed E-state index contributed by atoms with van der Waals surface area (Å²) in [4.78, 5) is 0. The lowest BCUT2D eigenvalue weighted by molar-refractivity contribution is 0.615. The number of hydrogen-bond donors (Lipinski definition) is 1. The molecule has 0 bridgehead atoms. The number of benzene rings is 1. The van der Waals surface area contributed by atoms with Crippen molar-refractivity contribution in [3.8, 4) is 0 Å². The minimum atomic E-state index is -0.367. The molecule has 0 aliphatic heterocycles. The van der Waals surface area contributed by atoms with Crippen LogP contribution in [0.15, 0.2) is 6.07 Å². The summed E-state index contributed by atoms with van der Waals surface area (Å²) >= 11 is 5.94. The van der Waals surface area contributed by atoms with Crippen LogP contribution >= 0.6 is 11.6 Å². The van der Waals surface area contributed by atoms with Crippen molar-refractivity contribution in [2.24, 2.45) is 5.73 Å². The van der Waals surface area contributed by atoms with Gasteiger partial charge in [-0.25, -0.2) is 4.39 Å². The first-order valence-corrected chi connectivity index (χ1v) is 5.08. The van der Waals surface area contributed by atoms with Crippen molar-refractivity contribution >= 4 is 11.6 Å². The van der Waals surface area contributed by atoms with Crippen LogP contribution in [-0.2, 0) is 5.54 Å². The van der Waals surface area contributed by atoms with Gasteiger partial charge in [0.05, 0.1) is 5.02 Å². The second-order valence-corrected chi connectivity index (χ2v) is 4.52. The third-order valence-corrected chi connectivity index (χ3v) is 3.39. The van der Waals surface area contributed by atoms with E-state index in [1.54, 1.807) is 0 Å². The molecule has 3 heteroatoms. The minimum absolute atomic E-state index is 0.202. The normalized spacial score (nSPS) is 18.4. The Kier molecular flexibility index (Phi) is 2.09. The minimum Gasteiger partial charge on any atom is -0.321 e. The van der Waals surface area contributed by atoms with Gasteiger partial charge in [-0.15, -0.1) is 0 Å². The number of hydrogen-bond acceptors (Lipinski definition) is 1. The fourth-order valence-electron chi connectivity index (χ4n) is 1.82. The molecule has 0 amide bonds. The molecule has 14 heavy (non-hydrogen) atoms. The van der Waals surface area contributed by atoms with Gasteiger partial charge in [0.1, 0.15) is 5.82 Å². The highest BCUT2D eigenvalue weighted by Gasteiger charge is 2.43. The Labute approximate surface area is 88.1 Å². The van der Waals surface area contributed by atoms with Crippen molar-refractivity contribution in [3.63, 3.8) is 0 Å². The Balaban J connectivity index is 2.68. The van der Waals surface area contributed by atoms with Crippen LogP contribution in [0.3, 0.4) is 0 Å². The maximum Gasteiger partial charge on any atom is 0.142 e. The smallest absolute Gasteiger partial charge is 0.142 e. The van der Waals surface area contributed by atoms with E-state index in [4.69, 9.17) is 17.3 Å².